The zero-order valence-electron chi connectivity index (χ0n) is 14.5. The third-order valence-electron chi connectivity index (χ3n) is 3.34. The van der Waals surface area contributed by atoms with E-state index in [9.17, 15) is 19.5 Å². The molecular formula is C14H29CuN7O4+2. The third kappa shape index (κ3) is 12.5. The first-order chi connectivity index (χ1) is 11.8. The number of carboxylic acids is 1. The average molecular weight is 423 g/mol. The van der Waals surface area contributed by atoms with Crippen LogP contribution in [0.2, 0.25) is 0 Å². The third-order valence-corrected chi connectivity index (χ3v) is 3.34. The molecule has 0 aliphatic rings. The van der Waals surface area contributed by atoms with Gasteiger partial charge in [0.15, 0.2) is 5.96 Å². The number of aliphatic carboxylic acids is 1. The van der Waals surface area contributed by atoms with Crippen molar-refractivity contribution < 1.29 is 36.6 Å². The van der Waals surface area contributed by atoms with Crippen molar-refractivity contribution in [3.63, 3.8) is 0 Å². The fourth-order valence-corrected chi connectivity index (χ4v) is 2.05. The largest absolute Gasteiger partial charge is 2.00 e. The number of hydrogen-bond donors (Lipinski definition) is 7. The number of amides is 2. The molecule has 0 saturated carbocycles. The Balaban J connectivity index is 0. The van der Waals surface area contributed by atoms with E-state index in [1.165, 1.54) is 0 Å². The summed E-state index contributed by atoms with van der Waals surface area (Å²) in [6, 6.07) is -1.96. The SMILES string of the molecule is NCCCCC(NC(=O)C(CCCN=C(N)N)NC(=O)CN)C(=O)O.[Cu+2]. The standard InChI is InChI=1S/C14H29N7O4.Cu/c15-6-2-1-4-10(13(24)25)21-12(23)9(20-11(22)8-16)5-3-7-19-14(17)18;/h9-10H,1-8,15-16H2,(H,20,22)(H,21,23)(H,24,25)(H4,17,18,19);/q;+2. The molecule has 0 fully saturated rings. The molecule has 0 aliphatic carbocycles. The van der Waals surface area contributed by atoms with Gasteiger partial charge in [0.1, 0.15) is 12.1 Å². The minimum atomic E-state index is -1.14. The molecular weight excluding hydrogens is 394 g/mol. The minimum absolute atomic E-state index is 0. The van der Waals surface area contributed by atoms with E-state index in [4.69, 9.17) is 22.9 Å². The molecule has 0 aliphatic heterocycles. The second-order valence-electron chi connectivity index (χ2n) is 5.46. The fourth-order valence-electron chi connectivity index (χ4n) is 2.05. The van der Waals surface area contributed by atoms with Crippen molar-refractivity contribution in [2.75, 3.05) is 19.6 Å². The summed E-state index contributed by atoms with van der Waals surface area (Å²) in [5.74, 6) is -2.32. The predicted octanol–water partition coefficient (Wildman–Crippen LogP) is -2.82. The van der Waals surface area contributed by atoms with Gasteiger partial charge in [-0.15, -0.1) is 0 Å². The van der Waals surface area contributed by atoms with E-state index in [1.807, 2.05) is 0 Å². The van der Waals surface area contributed by atoms with E-state index in [-0.39, 0.29) is 49.0 Å². The van der Waals surface area contributed by atoms with Crippen LogP contribution < -0.4 is 33.6 Å². The Morgan fingerprint density at radius 1 is 0.962 bits per heavy atom. The Kier molecular flexibility index (Phi) is 15.6. The molecule has 0 heterocycles. The molecule has 0 aromatic heterocycles. The second kappa shape index (κ2) is 15.4. The van der Waals surface area contributed by atoms with Crippen LogP contribution in [0.3, 0.4) is 0 Å². The van der Waals surface area contributed by atoms with Gasteiger partial charge >= 0.3 is 23.0 Å². The van der Waals surface area contributed by atoms with Gasteiger partial charge in [-0.1, -0.05) is 0 Å². The van der Waals surface area contributed by atoms with Gasteiger partial charge in [0.05, 0.1) is 6.54 Å². The number of guanidine groups is 1. The van der Waals surface area contributed by atoms with Crippen LogP contribution >= 0.6 is 0 Å². The van der Waals surface area contributed by atoms with E-state index in [2.05, 4.69) is 15.6 Å². The summed E-state index contributed by atoms with van der Waals surface area (Å²) in [5, 5.41) is 14.1. The van der Waals surface area contributed by atoms with Gasteiger partial charge in [0, 0.05) is 6.54 Å². The van der Waals surface area contributed by atoms with Crippen molar-refractivity contribution >= 4 is 23.7 Å². The van der Waals surface area contributed by atoms with Gasteiger partial charge in [-0.3, -0.25) is 14.6 Å². The summed E-state index contributed by atoms with van der Waals surface area (Å²) < 4.78 is 0. The van der Waals surface area contributed by atoms with Crippen LogP contribution in [0, 0.1) is 0 Å². The molecule has 0 rings (SSSR count). The van der Waals surface area contributed by atoms with Crippen molar-refractivity contribution in [1.82, 2.24) is 10.6 Å². The Hall–Kier alpha value is -1.88. The Morgan fingerprint density at radius 2 is 1.58 bits per heavy atom. The van der Waals surface area contributed by atoms with E-state index < -0.39 is 29.9 Å². The summed E-state index contributed by atoms with van der Waals surface area (Å²) in [5.41, 5.74) is 21.1. The maximum Gasteiger partial charge on any atom is 2.00 e. The number of nitrogens with zero attached hydrogens (tertiary/aromatic N) is 1. The number of carbonyl (C=O) groups is 3. The Bertz CT molecular complexity index is 472. The minimum Gasteiger partial charge on any atom is -0.480 e. The Morgan fingerprint density at radius 3 is 2.08 bits per heavy atom. The molecule has 11 N–H and O–H groups in total. The van der Waals surface area contributed by atoms with Crippen molar-refractivity contribution in [3.8, 4) is 0 Å². The number of carboxylic acid groups (broad SMARTS) is 1. The van der Waals surface area contributed by atoms with Crippen molar-refractivity contribution in [2.24, 2.45) is 27.9 Å². The Labute approximate surface area is 163 Å². The summed E-state index contributed by atoms with van der Waals surface area (Å²) in [7, 11) is 0. The molecule has 11 nitrogen and oxygen atoms in total. The van der Waals surface area contributed by atoms with Gasteiger partial charge in [-0.05, 0) is 38.6 Å². The average Bonchev–Trinajstić information content (AvgIpc) is 2.55. The maximum atomic E-state index is 12.3. The zero-order chi connectivity index (χ0) is 19.2. The van der Waals surface area contributed by atoms with Crippen LogP contribution in [0.15, 0.2) is 4.99 Å². The number of nitrogens with two attached hydrogens (primary N) is 4. The van der Waals surface area contributed by atoms with Crippen LogP contribution in [0.25, 0.3) is 0 Å². The smallest absolute Gasteiger partial charge is 0.480 e. The summed E-state index contributed by atoms with van der Waals surface area (Å²) in [6.07, 6.45) is 2.14. The fraction of sp³-hybridized carbons (Fsp3) is 0.714. The quantitative estimate of drug-likeness (QED) is 0.0709. The zero-order valence-corrected chi connectivity index (χ0v) is 15.5. The normalized spacial score (nSPS) is 12.2. The second-order valence-corrected chi connectivity index (χ2v) is 5.46. The van der Waals surface area contributed by atoms with Gasteiger partial charge in [-0.25, -0.2) is 4.79 Å². The molecule has 26 heavy (non-hydrogen) atoms. The first kappa shape index (κ1) is 26.3. The predicted molar refractivity (Wildman–Crippen MR) is 93.4 cm³/mol. The molecule has 12 heteroatoms. The molecule has 0 bridgehead atoms. The van der Waals surface area contributed by atoms with Crippen LogP contribution in [-0.2, 0) is 31.5 Å². The van der Waals surface area contributed by atoms with Crippen LogP contribution in [0.4, 0.5) is 0 Å². The van der Waals surface area contributed by atoms with Crippen molar-refractivity contribution in [3.05, 3.63) is 0 Å². The summed E-state index contributed by atoms with van der Waals surface area (Å²) in [4.78, 5) is 38.9. The molecule has 0 aromatic rings. The molecule has 0 saturated heterocycles. The van der Waals surface area contributed by atoms with E-state index >= 15 is 0 Å². The van der Waals surface area contributed by atoms with Crippen molar-refractivity contribution in [1.29, 1.82) is 0 Å². The molecule has 1 radical (unpaired) electrons. The number of carbonyl (C=O) groups excluding carboxylic acids is 2. The number of rotatable bonds is 13. The maximum absolute atomic E-state index is 12.3. The summed E-state index contributed by atoms with van der Waals surface area (Å²) in [6.45, 7) is 0.445. The number of aliphatic imine (C=N–C) groups is 1. The number of nitrogens with one attached hydrogen (secondary N) is 2. The number of hydrogen-bond acceptors (Lipinski definition) is 6. The van der Waals surface area contributed by atoms with Gasteiger partial charge in [-0.2, -0.15) is 0 Å². The van der Waals surface area contributed by atoms with E-state index in [0.717, 1.165) is 0 Å². The molecule has 2 atom stereocenters. The van der Waals surface area contributed by atoms with Crippen LogP contribution in [0.5, 0.6) is 0 Å². The first-order valence-corrected chi connectivity index (χ1v) is 8.09. The van der Waals surface area contributed by atoms with E-state index in [0.29, 0.717) is 25.8 Å². The molecule has 0 spiro atoms. The molecule has 2 unspecified atom stereocenters. The van der Waals surface area contributed by atoms with Crippen molar-refractivity contribution in [2.45, 2.75) is 44.2 Å². The molecule has 153 valence electrons. The summed E-state index contributed by atoms with van der Waals surface area (Å²) >= 11 is 0. The van der Waals surface area contributed by atoms with Gasteiger partial charge in [0.2, 0.25) is 11.8 Å². The van der Waals surface area contributed by atoms with Gasteiger partial charge in [0.25, 0.3) is 0 Å². The van der Waals surface area contributed by atoms with Crippen LogP contribution in [-0.4, -0.2) is 60.6 Å². The number of unbranched alkanes of at least 4 members (excludes halogenated alkanes) is 1. The first-order valence-electron chi connectivity index (χ1n) is 8.09. The molecule has 0 aromatic carbocycles. The van der Waals surface area contributed by atoms with E-state index in [1.54, 1.807) is 0 Å². The van der Waals surface area contributed by atoms with Crippen LogP contribution in [0.1, 0.15) is 32.1 Å². The van der Waals surface area contributed by atoms with Gasteiger partial charge < -0.3 is 38.7 Å². The monoisotopic (exact) mass is 422 g/mol. The topological polar surface area (TPSA) is 212 Å². The molecule has 2 amide bonds.